The van der Waals surface area contributed by atoms with Gasteiger partial charge in [-0.2, -0.15) is 5.11 Å². The Morgan fingerprint density at radius 2 is 1.30 bits per heavy atom. The summed E-state index contributed by atoms with van der Waals surface area (Å²) >= 11 is 0. The van der Waals surface area contributed by atoms with E-state index in [0.717, 1.165) is 35.5 Å². The van der Waals surface area contributed by atoms with Crippen LogP contribution in [0.5, 0.6) is 17.2 Å². The summed E-state index contributed by atoms with van der Waals surface area (Å²) in [5, 5.41) is 61.7. The van der Waals surface area contributed by atoms with Gasteiger partial charge in [-0.05, 0) is 54.8 Å². The molecule has 0 unspecified atom stereocenters. The Kier molecular flexibility index (Phi) is 20.9. The van der Waals surface area contributed by atoms with Crippen LogP contribution in [0.15, 0.2) is 134 Å². The molecule has 0 spiro atoms. The van der Waals surface area contributed by atoms with Crippen molar-refractivity contribution in [3.63, 3.8) is 0 Å². The van der Waals surface area contributed by atoms with Crippen LogP contribution in [0.4, 0.5) is 28.4 Å². The maximum absolute atomic E-state index is 12.4. The zero-order chi connectivity index (χ0) is 42.4. The molecular formula is C45H54CoN8O6. The molecule has 5 aromatic carbocycles. The summed E-state index contributed by atoms with van der Waals surface area (Å²) in [6, 6.07) is 29.8. The van der Waals surface area contributed by atoms with E-state index in [4.69, 9.17) is 5.73 Å². The Balaban J connectivity index is 0.000000323. The van der Waals surface area contributed by atoms with Crippen molar-refractivity contribution in [3.8, 4) is 22.9 Å². The Labute approximate surface area is 361 Å². The zero-order valence-electron chi connectivity index (χ0n) is 35.0. The first-order chi connectivity index (χ1) is 28.6. The van der Waals surface area contributed by atoms with E-state index in [1.807, 2.05) is 36.4 Å². The normalized spacial score (nSPS) is 10.8. The number of nitro groups is 1. The number of nitro benzene ring substituents is 1. The molecule has 5 N–H and O–H groups in total. The molecule has 1 aromatic heterocycles. The van der Waals surface area contributed by atoms with Gasteiger partial charge in [-0.25, -0.2) is 9.78 Å². The quantitative estimate of drug-likeness (QED) is 0.0227. The third kappa shape index (κ3) is 14.9. The van der Waals surface area contributed by atoms with Crippen molar-refractivity contribution >= 4 is 39.2 Å². The van der Waals surface area contributed by atoms with E-state index < -0.39 is 10.5 Å². The minimum absolute atomic E-state index is 0. The molecule has 0 aliphatic rings. The molecule has 6 aromatic rings. The standard InChI is InChI=1S/C16H12N5O4.C16H12N2O2.C13H29N.Co/c1-10-15(16(23)20(19-10)11-5-3-2-4-6-11)18-17-13-9-12(21(24)25)7-8-14(13)22;19-14-8-4-3-7-13(14)17-18-16-12-6-2-1-5-11(12)9-10-15(16)20;1-2-3-4-5-6-7-8-9-10-11-12-13-14;/h2-9,22H,1H3;1-10,19-20H;2-14H2,1H3;/q-1;;;/p+1. The predicted molar refractivity (Wildman–Crippen MR) is 234 cm³/mol. The van der Waals surface area contributed by atoms with Gasteiger partial charge in [0.1, 0.15) is 39.9 Å². The number of benzene rings is 5. The molecule has 1 heterocycles. The number of para-hydroxylation sites is 2. The number of nitrogens with zero attached hydrogens (tertiary/aromatic N) is 7. The molecule has 1 radical (unpaired) electrons. The number of fused-ring (bicyclic) bond motifs is 1. The van der Waals surface area contributed by atoms with E-state index in [9.17, 15) is 30.2 Å². The van der Waals surface area contributed by atoms with E-state index in [1.54, 1.807) is 55.5 Å². The predicted octanol–water partition coefficient (Wildman–Crippen LogP) is 12.3. The second-order valence-electron chi connectivity index (χ2n) is 13.8. The average Bonchev–Trinajstić information content (AvgIpc) is 3.53. The van der Waals surface area contributed by atoms with E-state index in [2.05, 4.69) is 32.5 Å². The van der Waals surface area contributed by atoms with Crippen molar-refractivity contribution in [2.45, 2.75) is 84.5 Å². The number of aryl methyl sites for hydroxylation is 1. The Morgan fingerprint density at radius 1 is 0.717 bits per heavy atom. The van der Waals surface area contributed by atoms with Crippen LogP contribution in [0.3, 0.4) is 0 Å². The number of non-ortho nitro benzene ring substituents is 1. The van der Waals surface area contributed by atoms with Gasteiger partial charge in [0.15, 0.2) is 0 Å². The van der Waals surface area contributed by atoms with Crippen molar-refractivity contribution in [1.82, 2.24) is 9.78 Å². The number of aromatic hydroxyl groups is 3. The number of phenols is 3. The summed E-state index contributed by atoms with van der Waals surface area (Å²) in [4.78, 5) is 22.6. The van der Waals surface area contributed by atoms with E-state index in [1.165, 1.54) is 81.4 Å². The van der Waals surface area contributed by atoms with Crippen LogP contribution >= 0.6 is 0 Å². The molecule has 0 bridgehead atoms. The zero-order valence-corrected chi connectivity index (χ0v) is 35.0. The van der Waals surface area contributed by atoms with E-state index in [-0.39, 0.29) is 52.5 Å². The Hall–Kier alpha value is -6.16. The van der Waals surface area contributed by atoms with Gasteiger partial charge in [0.05, 0.1) is 10.6 Å². The van der Waals surface area contributed by atoms with Crippen LogP contribution in [0.25, 0.3) is 16.5 Å². The molecule has 0 atom stereocenters. The van der Waals surface area contributed by atoms with Gasteiger partial charge in [0, 0.05) is 34.3 Å². The number of aromatic nitrogens is 2. The van der Waals surface area contributed by atoms with Crippen molar-refractivity contribution in [2.75, 3.05) is 6.54 Å². The summed E-state index contributed by atoms with van der Waals surface area (Å²) in [6.45, 7) is 4.75. The number of hydrogen-bond donors (Lipinski definition) is 4. The van der Waals surface area contributed by atoms with Crippen LogP contribution in [-0.4, -0.2) is 36.6 Å². The topological polar surface area (TPSA) is 214 Å². The van der Waals surface area contributed by atoms with E-state index >= 15 is 0 Å². The second-order valence-corrected chi connectivity index (χ2v) is 13.8. The average molecular weight is 862 g/mol. The first-order valence-electron chi connectivity index (χ1n) is 20.0. The van der Waals surface area contributed by atoms with Gasteiger partial charge in [-0.15, -0.1) is 15.9 Å². The van der Waals surface area contributed by atoms with Crippen LogP contribution in [-0.2, 0) is 16.8 Å². The number of rotatable bonds is 17. The van der Waals surface area contributed by atoms with Gasteiger partial charge >= 0.3 is 1.43 Å². The summed E-state index contributed by atoms with van der Waals surface area (Å²) in [6.07, 6.45) is 15.4. The third-order valence-corrected chi connectivity index (χ3v) is 9.24. The molecule has 0 fully saturated rings. The minimum Gasteiger partial charge on any atom is -0.506 e. The monoisotopic (exact) mass is 861 g/mol. The molecule has 319 valence electrons. The van der Waals surface area contributed by atoms with Crippen LogP contribution in [0, 0.1) is 17.0 Å². The Bertz CT molecular complexity index is 2340. The number of unbranched alkanes of at least 4 members (excludes halogenated alkanes) is 10. The maximum atomic E-state index is 12.4. The summed E-state index contributed by atoms with van der Waals surface area (Å²) in [7, 11) is 0. The van der Waals surface area contributed by atoms with Gasteiger partial charge in [-0.1, -0.05) is 144 Å². The van der Waals surface area contributed by atoms with Crippen LogP contribution in [0.1, 0.15) is 84.7 Å². The Morgan fingerprint density at radius 3 is 1.95 bits per heavy atom. The molecule has 0 saturated carbocycles. The molecule has 14 nitrogen and oxygen atoms in total. The van der Waals surface area contributed by atoms with Gasteiger partial charge in [-0.3, -0.25) is 10.1 Å². The fourth-order valence-electron chi connectivity index (χ4n) is 5.98. The van der Waals surface area contributed by atoms with Crippen LogP contribution < -0.4 is 11.3 Å². The third-order valence-electron chi connectivity index (χ3n) is 9.24. The summed E-state index contributed by atoms with van der Waals surface area (Å²) in [5.74, 6) is -0.172. The largest absolute Gasteiger partial charge is 1.00 e. The van der Waals surface area contributed by atoms with Crippen molar-refractivity contribution in [2.24, 2.45) is 26.2 Å². The summed E-state index contributed by atoms with van der Waals surface area (Å²) in [5.41, 5.74) is 6.29. The van der Waals surface area contributed by atoms with Crippen molar-refractivity contribution in [3.05, 3.63) is 135 Å². The fraction of sp³-hybridized carbons (Fsp3) is 0.311. The molecule has 0 aliphatic carbocycles. The van der Waals surface area contributed by atoms with Gasteiger partial charge in [0.2, 0.25) is 0 Å². The smallest absolute Gasteiger partial charge is 0.506 e. The number of azo groups is 2. The number of nitrogens with two attached hydrogens (primary N) is 1. The SMILES string of the molecule is CCCCCCCCCCCCCN.Cc1nn(-c2ccccc2)c(=O)[c-]1N=Nc1cc([N+](=O)[O-])ccc1O.Oc1ccccc1N=Nc1c(O)ccc2ccccc12.[Co].[H+]. The molecule has 0 aliphatic heterocycles. The molecule has 60 heavy (non-hydrogen) atoms. The second kappa shape index (κ2) is 26.0. The first-order valence-corrected chi connectivity index (χ1v) is 20.0. The molecule has 6 rings (SSSR count). The van der Waals surface area contributed by atoms with Crippen molar-refractivity contribution in [1.29, 1.82) is 0 Å². The van der Waals surface area contributed by atoms with E-state index in [0.29, 0.717) is 22.8 Å². The molecule has 15 heteroatoms. The van der Waals surface area contributed by atoms with Crippen molar-refractivity contribution < 1.29 is 38.4 Å². The van der Waals surface area contributed by atoms with Crippen LogP contribution in [0.2, 0.25) is 0 Å². The summed E-state index contributed by atoms with van der Waals surface area (Å²) < 4.78 is 1.19. The maximum Gasteiger partial charge on any atom is 1.00 e. The van der Waals surface area contributed by atoms with Gasteiger partial charge in [0.25, 0.3) is 5.69 Å². The van der Waals surface area contributed by atoms with Gasteiger partial charge < -0.3 is 31.0 Å². The minimum atomic E-state index is -0.615. The fourth-order valence-corrected chi connectivity index (χ4v) is 5.98. The number of hydrogen-bond acceptors (Lipinski definition) is 12. The molecule has 0 saturated heterocycles. The molecular weight excluding hydrogens is 807 g/mol. The first kappa shape index (κ1) is 48.2. The number of phenolic OH excluding ortho intramolecular Hbond substituents is 3. The molecule has 0 amide bonds.